The van der Waals surface area contributed by atoms with Gasteiger partial charge in [0.25, 0.3) is 11.8 Å². The van der Waals surface area contributed by atoms with Gasteiger partial charge in [-0.15, -0.1) is 0 Å². The van der Waals surface area contributed by atoms with Gasteiger partial charge in [-0.1, -0.05) is 35.4 Å². The van der Waals surface area contributed by atoms with E-state index in [1.807, 2.05) is 67.9 Å². The quantitative estimate of drug-likeness (QED) is 0.624. The zero-order valence-corrected chi connectivity index (χ0v) is 18.6. The van der Waals surface area contributed by atoms with Gasteiger partial charge in [0.15, 0.2) is 0 Å². The number of nitrogens with zero attached hydrogens (tertiary/aromatic N) is 2. The molecule has 0 spiro atoms. The van der Waals surface area contributed by atoms with E-state index < -0.39 is 0 Å². The minimum absolute atomic E-state index is 0.0610. The average Bonchev–Trinajstić information content (AvgIpc) is 3.13. The lowest BCUT2D eigenvalue weighted by Gasteiger charge is -2.32. The highest BCUT2D eigenvalue weighted by Crippen LogP contribution is 2.21. The molecule has 0 saturated carbocycles. The highest BCUT2D eigenvalue weighted by molar-refractivity contribution is 6.07. The van der Waals surface area contributed by atoms with Gasteiger partial charge in [-0.2, -0.15) is 0 Å². The fraction of sp³-hybridized carbons (Fsp3) is 0.320. The SMILES string of the molecule is Cc1cc(C)cc(C(=O)N2CCCC(C(=O)NNC(=O)c3cn(C)c4ccccc34)C2)c1. The minimum atomic E-state index is -0.369. The maximum absolute atomic E-state index is 13.0. The van der Waals surface area contributed by atoms with Crippen LogP contribution in [0.5, 0.6) is 0 Å². The molecular weight excluding hydrogens is 404 g/mol. The molecule has 7 heteroatoms. The number of likely N-dealkylation sites (tertiary alicyclic amines) is 1. The second-order valence-corrected chi connectivity index (χ2v) is 8.58. The lowest BCUT2D eigenvalue weighted by molar-refractivity contribution is -0.127. The first kappa shape index (κ1) is 21.6. The number of carbonyl (C=O) groups is 3. The summed E-state index contributed by atoms with van der Waals surface area (Å²) in [6.07, 6.45) is 3.16. The zero-order chi connectivity index (χ0) is 22.8. The van der Waals surface area contributed by atoms with Gasteiger partial charge in [0.2, 0.25) is 5.91 Å². The molecule has 2 heterocycles. The average molecular weight is 433 g/mol. The van der Waals surface area contributed by atoms with Crippen LogP contribution >= 0.6 is 0 Å². The molecule has 0 radical (unpaired) electrons. The molecule has 1 unspecified atom stereocenters. The van der Waals surface area contributed by atoms with Gasteiger partial charge < -0.3 is 9.47 Å². The Bertz CT molecular complexity index is 1180. The molecule has 0 aliphatic carbocycles. The van der Waals surface area contributed by atoms with Crippen LogP contribution in [0.25, 0.3) is 10.9 Å². The summed E-state index contributed by atoms with van der Waals surface area (Å²) in [6.45, 7) is 4.89. The third kappa shape index (κ3) is 4.37. The summed E-state index contributed by atoms with van der Waals surface area (Å²) in [4.78, 5) is 40.1. The van der Waals surface area contributed by atoms with E-state index in [0.29, 0.717) is 30.6 Å². The van der Waals surface area contributed by atoms with Crippen molar-refractivity contribution in [3.63, 3.8) is 0 Å². The van der Waals surface area contributed by atoms with Crippen molar-refractivity contribution in [3.8, 4) is 0 Å². The first-order valence-electron chi connectivity index (χ1n) is 10.9. The number of fused-ring (bicyclic) bond motifs is 1. The zero-order valence-electron chi connectivity index (χ0n) is 18.6. The van der Waals surface area contributed by atoms with Gasteiger partial charge in [0, 0.05) is 42.8 Å². The van der Waals surface area contributed by atoms with Crippen molar-refractivity contribution in [1.82, 2.24) is 20.3 Å². The Morgan fingerprint density at radius 2 is 1.72 bits per heavy atom. The largest absolute Gasteiger partial charge is 0.350 e. The highest BCUT2D eigenvalue weighted by Gasteiger charge is 2.29. The third-order valence-corrected chi connectivity index (χ3v) is 5.99. The molecule has 3 aromatic rings. The van der Waals surface area contributed by atoms with E-state index in [0.717, 1.165) is 28.5 Å². The number of rotatable bonds is 3. The van der Waals surface area contributed by atoms with Crippen molar-refractivity contribution < 1.29 is 14.4 Å². The second-order valence-electron chi connectivity index (χ2n) is 8.58. The van der Waals surface area contributed by atoms with Crippen molar-refractivity contribution >= 4 is 28.6 Å². The number of nitrogens with one attached hydrogen (secondary N) is 2. The van der Waals surface area contributed by atoms with Crippen LogP contribution in [0.3, 0.4) is 0 Å². The summed E-state index contributed by atoms with van der Waals surface area (Å²) in [5.74, 6) is -1.08. The maximum Gasteiger partial charge on any atom is 0.271 e. The number of hydrazine groups is 1. The lowest BCUT2D eigenvalue weighted by atomic mass is 9.96. The van der Waals surface area contributed by atoms with Gasteiger partial charge in [-0.25, -0.2) is 0 Å². The lowest BCUT2D eigenvalue weighted by Crippen LogP contribution is -2.50. The van der Waals surface area contributed by atoms with E-state index in [-0.39, 0.29) is 23.6 Å². The first-order chi connectivity index (χ1) is 15.3. The van der Waals surface area contributed by atoms with Crippen LogP contribution in [0.15, 0.2) is 48.7 Å². The number of aryl methyl sites for hydroxylation is 3. The Labute approximate surface area is 187 Å². The number of hydrogen-bond donors (Lipinski definition) is 2. The molecule has 7 nitrogen and oxygen atoms in total. The van der Waals surface area contributed by atoms with Gasteiger partial charge in [0.1, 0.15) is 0 Å². The summed E-state index contributed by atoms with van der Waals surface area (Å²) < 4.78 is 1.88. The smallest absolute Gasteiger partial charge is 0.271 e. The third-order valence-electron chi connectivity index (χ3n) is 5.99. The van der Waals surface area contributed by atoms with Crippen LogP contribution in [0.2, 0.25) is 0 Å². The molecule has 4 rings (SSSR count). The number of carbonyl (C=O) groups excluding carboxylic acids is 3. The Balaban J connectivity index is 1.39. The molecule has 166 valence electrons. The number of para-hydroxylation sites is 1. The molecule has 2 aromatic carbocycles. The topological polar surface area (TPSA) is 83.4 Å². The second kappa shape index (κ2) is 8.86. The predicted molar refractivity (Wildman–Crippen MR) is 123 cm³/mol. The molecule has 1 aliphatic rings. The van der Waals surface area contributed by atoms with Crippen LogP contribution in [0.1, 0.15) is 44.7 Å². The summed E-state index contributed by atoms with van der Waals surface area (Å²) >= 11 is 0. The van der Waals surface area contributed by atoms with Crippen molar-refractivity contribution in [1.29, 1.82) is 0 Å². The number of aromatic nitrogens is 1. The molecule has 1 aliphatic heterocycles. The van der Waals surface area contributed by atoms with Crippen molar-refractivity contribution in [2.75, 3.05) is 13.1 Å². The summed E-state index contributed by atoms with van der Waals surface area (Å²) in [6, 6.07) is 13.4. The molecule has 1 saturated heterocycles. The molecule has 0 bridgehead atoms. The van der Waals surface area contributed by atoms with Crippen LogP contribution < -0.4 is 10.9 Å². The van der Waals surface area contributed by atoms with E-state index >= 15 is 0 Å². The summed E-state index contributed by atoms with van der Waals surface area (Å²) in [5, 5.41) is 0.824. The van der Waals surface area contributed by atoms with E-state index in [1.54, 1.807) is 11.1 Å². The van der Waals surface area contributed by atoms with Crippen LogP contribution in [0.4, 0.5) is 0 Å². The summed E-state index contributed by atoms with van der Waals surface area (Å²) in [5.41, 5.74) is 9.26. The number of benzene rings is 2. The number of hydrogen-bond acceptors (Lipinski definition) is 3. The van der Waals surface area contributed by atoms with E-state index in [1.165, 1.54) is 0 Å². The van der Waals surface area contributed by atoms with Gasteiger partial charge in [-0.05, 0) is 44.9 Å². The predicted octanol–water partition coefficient (Wildman–Crippen LogP) is 3.11. The molecule has 1 fully saturated rings. The number of amides is 3. The van der Waals surface area contributed by atoms with Crippen LogP contribution in [0, 0.1) is 19.8 Å². The van der Waals surface area contributed by atoms with Crippen molar-refractivity contribution in [3.05, 3.63) is 70.9 Å². The van der Waals surface area contributed by atoms with Crippen LogP contribution in [-0.4, -0.2) is 40.3 Å². The van der Waals surface area contributed by atoms with Gasteiger partial charge in [0.05, 0.1) is 11.5 Å². The monoisotopic (exact) mass is 432 g/mol. The standard InChI is InChI=1S/C25H28N4O3/c1-16-11-17(2)13-19(12-16)25(32)29-10-6-7-18(14-29)23(30)26-27-24(31)21-15-28(3)22-9-5-4-8-20(21)22/h4-5,8-9,11-13,15,18H,6-7,10,14H2,1-3H3,(H,26,30)(H,27,31). The number of piperidine rings is 1. The van der Waals surface area contributed by atoms with Gasteiger partial charge in [-0.3, -0.25) is 25.2 Å². The Kier molecular flexibility index (Phi) is 5.99. The molecule has 2 N–H and O–H groups in total. The first-order valence-corrected chi connectivity index (χ1v) is 10.9. The van der Waals surface area contributed by atoms with E-state index in [9.17, 15) is 14.4 Å². The molecule has 32 heavy (non-hydrogen) atoms. The van der Waals surface area contributed by atoms with E-state index in [4.69, 9.17) is 0 Å². The Morgan fingerprint density at radius 3 is 2.47 bits per heavy atom. The Hall–Kier alpha value is -3.61. The maximum atomic E-state index is 13.0. The molecular formula is C25H28N4O3. The highest BCUT2D eigenvalue weighted by atomic mass is 16.2. The molecule has 1 atom stereocenters. The summed E-state index contributed by atoms with van der Waals surface area (Å²) in [7, 11) is 1.88. The fourth-order valence-corrected chi connectivity index (χ4v) is 4.47. The Morgan fingerprint density at radius 1 is 1.00 bits per heavy atom. The molecule has 3 amide bonds. The van der Waals surface area contributed by atoms with Crippen LogP contribution in [-0.2, 0) is 11.8 Å². The molecule has 1 aromatic heterocycles. The minimum Gasteiger partial charge on any atom is -0.350 e. The van der Waals surface area contributed by atoms with Crippen molar-refractivity contribution in [2.45, 2.75) is 26.7 Å². The van der Waals surface area contributed by atoms with Gasteiger partial charge >= 0.3 is 0 Å². The normalized spacial score (nSPS) is 16.1. The van der Waals surface area contributed by atoms with Crippen molar-refractivity contribution in [2.24, 2.45) is 13.0 Å². The van der Waals surface area contributed by atoms with E-state index in [2.05, 4.69) is 10.9 Å². The fourth-order valence-electron chi connectivity index (χ4n) is 4.47.